The molecule has 0 aliphatic heterocycles. The maximum absolute atomic E-state index is 13.3. The van der Waals surface area contributed by atoms with Crippen LogP contribution in [0.2, 0.25) is 0 Å². The molecule has 1 atom stereocenters. The van der Waals surface area contributed by atoms with E-state index in [0.717, 1.165) is 12.8 Å². The van der Waals surface area contributed by atoms with E-state index in [1.165, 1.54) is 0 Å². The molecule has 6 heteroatoms. The van der Waals surface area contributed by atoms with Crippen LogP contribution < -0.4 is 0 Å². The Morgan fingerprint density at radius 1 is 1.30 bits per heavy atom. The van der Waals surface area contributed by atoms with Gasteiger partial charge in [-0.15, -0.1) is 0 Å². The lowest BCUT2D eigenvalue weighted by Crippen LogP contribution is -2.46. The van der Waals surface area contributed by atoms with E-state index >= 15 is 0 Å². The van der Waals surface area contributed by atoms with Crippen molar-refractivity contribution in [1.29, 1.82) is 0 Å². The van der Waals surface area contributed by atoms with Crippen molar-refractivity contribution in [1.82, 2.24) is 4.90 Å². The Labute approximate surface area is 138 Å². The number of hydrogen-bond donors (Lipinski definition) is 1. The van der Waals surface area contributed by atoms with Crippen molar-refractivity contribution in [3.63, 3.8) is 0 Å². The van der Waals surface area contributed by atoms with E-state index in [1.807, 2.05) is 0 Å². The second kappa shape index (κ2) is 8.27. The summed E-state index contributed by atoms with van der Waals surface area (Å²) >= 11 is 0. The average Bonchev–Trinajstić information content (AvgIpc) is 2.37. The number of rotatable bonds is 6. The number of alkyl halides is 2. The molecule has 1 N–H and O–H groups in total. The largest absolute Gasteiger partial charge is 0.444 e. The van der Waals surface area contributed by atoms with Gasteiger partial charge in [0, 0.05) is 25.4 Å². The molecule has 0 unspecified atom stereocenters. The van der Waals surface area contributed by atoms with Gasteiger partial charge in [0.15, 0.2) is 0 Å². The van der Waals surface area contributed by atoms with Crippen molar-refractivity contribution in [3.8, 4) is 0 Å². The van der Waals surface area contributed by atoms with Crippen LogP contribution >= 0.6 is 0 Å². The molecule has 1 saturated carbocycles. The van der Waals surface area contributed by atoms with Gasteiger partial charge in [0.1, 0.15) is 5.60 Å². The lowest BCUT2D eigenvalue weighted by molar-refractivity contribution is -0.0572. The minimum Gasteiger partial charge on any atom is -0.444 e. The van der Waals surface area contributed by atoms with Crippen molar-refractivity contribution in [2.45, 2.75) is 96.3 Å². The van der Waals surface area contributed by atoms with Crippen LogP contribution in [0.3, 0.4) is 0 Å². The number of carbonyl (C=O) groups excluding carboxylic acids is 1. The molecule has 0 aromatic heterocycles. The molecule has 1 aliphatic rings. The number of aliphatic hydroxyl groups is 1. The van der Waals surface area contributed by atoms with Crippen molar-refractivity contribution >= 4 is 6.09 Å². The second-order valence-electron chi connectivity index (χ2n) is 7.61. The van der Waals surface area contributed by atoms with Crippen LogP contribution in [0.1, 0.15) is 72.6 Å². The summed E-state index contributed by atoms with van der Waals surface area (Å²) in [5.41, 5.74) is -0.604. The van der Waals surface area contributed by atoms with Crippen molar-refractivity contribution in [3.05, 3.63) is 0 Å². The number of amides is 1. The number of unbranched alkanes of at least 4 members (excludes halogenated alkanes) is 1. The van der Waals surface area contributed by atoms with E-state index in [2.05, 4.69) is 0 Å². The van der Waals surface area contributed by atoms with E-state index in [-0.39, 0.29) is 25.0 Å². The van der Waals surface area contributed by atoms with Crippen molar-refractivity contribution in [2.24, 2.45) is 0 Å². The van der Waals surface area contributed by atoms with Gasteiger partial charge >= 0.3 is 6.09 Å². The fourth-order valence-corrected chi connectivity index (χ4v) is 2.80. The maximum atomic E-state index is 13.3. The van der Waals surface area contributed by atoms with Gasteiger partial charge in [0.25, 0.3) is 0 Å². The Balaban J connectivity index is 2.62. The van der Waals surface area contributed by atoms with Crippen LogP contribution in [0.4, 0.5) is 13.6 Å². The molecule has 1 aliphatic carbocycles. The SMILES string of the molecule is C[C@H](O)CCCCN(C(=O)OC(C)(C)C)C1CCC(F)(F)CC1. The first kappa shape index (κ1) is 20.1. The number of aliphatic hydroxyl groups excluding tert-OH is 1. The quantitative estimate of drug-likeness (QED) is 0.734. The molecule has 0 bridgehead atoms. The molecule has 0 aromatic carbocycles. The van der Waals surface area contributed by atoms with Crippen LogP contribution in [-0.4, -0.2) is 46.3 Å². The van der Waals surface area contributed by atoms with Crippen LogP contribution in [0.15, 0.2) is 0 Å². The third-order valence-corrected chi connectivity index (χ3v) is 4.03. The molecule has 0 saturated heterocycles. The molecule has 1 rings (SSSR count). The Kier molecular flexibility index (Phi) is 7.24. The summed E-state index contributed by atoms with van der Waals surface area (Å²) in [5.74, 6) is -2.61. The van der Waals surface area contributed by atoms with Gasteiger partial charge in [0.05, 0.1) is 6.10 Å². The fraction of sp³-hybridized carbons (Fsp3) is 0.941. The summed E-state index contributed by atoms with van der Waals surface area (Å²) in [6.45, 7) is 7.61. The summed E-state index contributed by atoms with van der Waals surface area (Å²) in [6.07, 6.45) is 1.67. The molecular formula is C17H31F2NO3. The number of hydrogen-bond acceptors (Lipinski definition) is 3. The van der Waals surface area contributed by atoms with Gasteiger partial charge in [-0.2, -0.15) is 0 Å². The fourth-order valence-electron chi connectivity index (χ4n) is 2.80. The summed E-state index contributed by atoms with van der Waals surface area (Å²) < 4.78 is 32.1. The molecule has 1 fully saturated rings. The summed E-state index contributed by atoms with van der Waals surface area (Å²) in [4.78, 5) is 14.0. The summed E-state index contributed by atoms with van der Waals surface area (Å²) in [7, 11) is 0. The highest BCUT2D eigenvalue weighted by Crippen LogP contribution is 2.35. The smallest absolute Gasteiger partial charge is 0.410 e. The van der Waals surface area contributed by atoms with Crippen LogP contribution in [0.25, 0.3) is 0 Å². The third-order valence-electron chi connectivity index (χ3n) is 4.03. The minimum absolute atomic E-state index is 0.176. The van der Waals surface area contributed by atoms with Gasteiger partial charge in [-0.25, -0.2) is 13.6 Å². The first-order valence-electron chi connectivity index (χ1n) is 8.56. The zero-order valence-corrected chi connectivity index (χ0v) is 14.8. The lowest BCUT2D eigenvalue weighted by Gasteiger charge is -2.37. The van der Waals surface area contributed by atoms with E-state index < -0.39 is 17.6 Å². The van der Waals surface area contributed by atoms with E-state index in [1.54, 1.807) is 32.6 Å². The predicted molar refractivity (Wildman–Crippen MR) is 85.7 cm³/mol. The number of carbonyl (C=O) groups is 1. The van der Waals surface area contributed by atoms with Gasteiger partial charge < -0.3 is 14.7 Å². The number of ether oxygens (including phenoxy) is 1. The highest BCUT2D eigenvalue weighted by Gasteiger charge is 2.39. The standard InChI is InChI=1S/C17H31F2NO3/c1-13(21)7-5-6-12-20(15(22)23-16(2,3)4)14-8-10-17(18,19)11-9-14/h13-14,21H,5-12H2,1-4H3/t13-/m0/s1. The molecule has 1 amide bonds. The van der Waals surface area contributed by atoms with Crippen LogP contribution in [-0.2, 0) is 4.74 Å². The first-order valence-corrected chi connectivity index (χ1v) is 8.56. The van der Waals surface area contributed by atoms with Crippen molar-refractivity contribution < 1.29 is 23.4 Å². The molecule has 0 aromatic rings. The maximum Gasteiger partial charge on any atom is 0.410 e. The van der Waals surface area contributed by atoms with E-state index in [4.69, 9.17) is 4.74 Å². The highest BCUT2D eigenvalue weighted by atomic mass is 19.3. The lowest BCUT2D eigenvalue weighted by atomic mass is 9.91. The topological polar surface area (TPSA) is 49.8 Å². The number of nitrogens with zero attached hydrogens (tertiary/aromatic N) is 1. The monoisotopic (exact) mass is 335 g/mol. The molecule has 0 radical (unpaired) electrons. The number of halogens is 2. The molecule has 136 valence electrons. The molecule has 4 nitrogen and oxygen atoms in total. The zero-order valence-electron chi connectivity index (χ0n) is 14.8. The Hall–Kier alpha value is -0.910. The zero-order chi connectivity index (χ0) is 17.7. The molecule has 0 heterocycles. The van der Waals surface area contributed by atoms with Crippen LogP contribution in [0, 0.1) is 0 Å². The summed E-state index contributed by atoms with van der Waals surface area (Å²) in [5, 5.41) is 9.30. The van der Waals surface area contributed by atoms with E-state index in [0.29, 0.717) is 25.8 Å². The highest BCUT2D eigenvalue weighted by molar-refractivity contribution is 5.68. The Bertz CT molecular complexity index is 371. The minimum atomic E-state index is -2.61. The Morgan fingerprint density at radius 2 is 1.87 bits per heavy atom. The second-order valence-corrected chi connectivity index (χ2v) is 7.61. The van der Waals surface area contributed by atoms with Gasteiger partial charge in [-0.05, 0) is 59.8 Å². The predicted octanol–water partition coefficient (Wildman–Crippen LogP) is 4.35. The summed E-state index contributed by atoms with van der Waals surface area (Å²) in [6, 6.07) is -0.184. The van der Waals surface area contributed by atoms with Crippen molar-refractivity contribution in [2.75, 3.05) is 6.54 Å². The molecular weight excluding hydrogens is 304 g/mol. The molecule has 0 spiro atoms. The Morgan fingerprint density at radius 3 is 2.35 bits per heavy atom. The van der Waals surface area contributed by atoms with Gasteiger partial charge in [-0.1, -0.05) is 0 Å². The van der Waals surface area contributed by atoms with Gasteiger partial charge in [-0.3, -0.25) is 0 Å². The van der Waals surface area contributed by atoms with Crippen LogP contribution in [0.5, 0.6) is 0 Å². The average molecular weight is 335 g/mol. The third kappa shape index (κ3) is 7.95. The molecule has 23 heavy (non-hydrogen) atoms. The van der Waals surface area contributed by atoms with E-state index in [9.17, 15) is 18.7 Å². The normalized spacial score (nSPS) is 20.1. The van der Waals surface area contributed by atoms with Gasteiger partial charge in [0.2, 0.25) is 5.92 Å². The first-order chi connectivity index (χ1) is 10.5.